The summed E-state index contributed by atoms with van der Waals surface area (Å²) in [4.78, 5) is 39.0. The topological polar surface area (TPSA) is 97.5 Å². The van der Waals surface area contributed by atoms with E-state index in [1.165, 1.54) is 19.3 Å². The smallest absolute Gasteiger partial charge is 0.355 e. The molecule has 0 aromatic carbocycles. The number of nitrogens with one attached hydrogen (secondary N) is 2. The van der Waals surface area contributed by atoms with Crippen molar-refractivity contribution < 1.29 is 23.9 Å². The molecule has 0 bridgehead atoms. The molecule has 0 spiro atoms. The van der Waals surface area contributed by atoms with Crippen LogP contribution in [0.1, 0.15) is 71.1 Å². The number of amides is 1. The van der Waals surface area contributed by atoms with Gasteiger partial charge >= 0.3 is 11.9 Å². The maximum absolute atomic E-state index is 12.3. The van der Waals surface area contributed by atoms with Gasteiger partial charge in [-0.3, -0.25) is 4.79 Å². The second kappa shape index (κ2) is 9.40. The molecule has 1 aliphatic carbocycles. The second-order valence-electron chi connectivity index (χ2n) is 6.73. The summed E-state index contributed by atoms with van der Waals surface area (Å²) < 4.78 is 10.1. The molecule has 7 heteroatoms. The summed E-state index contributed by atoms with van der Waals surface area (Å²) in [5.41, 5.74) is 1.48. The number of aromatic amines is 1. The van der Waals surface area contributed by atoms with E-state index in [1.54, 1.807) is 20.8 Å². The van der Waals surface area contributed by atoms with E-state index in [0.717, 1.165) is 12.8 Å². The molecular weight excluding hydrogens is 336 g/mol. The highest BCUT2D eigenvalue weighted by atomic mass is 16.5. The molecular formula is C19H28N2O5. The number of rotatable bonds is 7. The van der Waals surface area contributed by atoms with E-state index < -0.39 is 11.9 Å². The van der Waals surface area contributed by atoms with Gasteiger partial charge in [-0.25, -0.2) is 9.59 Å². The van der Waals surface area contributed by atoms with Crippen LogP contribution in [0, 0.1) is 19.8 Å². The van der Waals surface area contributed by atoms with Crippen molar-refractivity contribution in [3.8, 4) is 0 Å². The number of hydrogen-bond donors (Lipinski definition) is 2. The zero-order valence-electron chi connectivity index (χ0n) is 15.8. The van der Waals surface area contributed by atoms with Crippen molar-refractivity contribution in [3.05, 3.63) is 22.5 Å². The molecule has 7 nitrogen and oxygen atoms in total. The Balaban J connectivity index is 1.87. The van der Waals surface area contributed by atoms with Gasteiger partial charge in [-0.2, -0.15) is 0 Å². The monoisotopic (exact) mass is 364 g/mol. The fourth-order valence-corrected chi connectivity index (χ4v) is 3.37. The summed E-state index contributed by atoms with van der Waals surface area (Å²) >= 11 is 0. The fourth-order valence-electron chi connectivity index (χ4n) is 3.37. The minimum Gasteiger partial charge on any atom is -0.461 e. The van der Waals surface area contributed by atoms with Crippen LogP contribution in [0.5, 0.6) is 0 Å². The summed E-state index contributed by atoms with van der Waals surface area (Å²) in [6.45, 7) is 5.59. The van der Waals surface area contributed by atoms with E-state index in [-0.39, 0.29) is 30.4 Å². The van der Waals surface area contributed by atoms with Gasteiger partial charge in [0.2, 0.25) is 0 Å². The first-order chi connectivity index (χ1) is 12.4. The van der Waals surface area contributed by atoms with Crippen molar-refractivity contribution in [2.45, 2.75) is 52.9 Å². The van der Waals surface area contributed by atoms with E-state index in [1.807, 2.05) is 0 Å². The lowest BCUT2D eigenvalue weighted by Crippen LogP contribution is -2.33. The number of H-pyrrole nitrogens is 1. The van der Waals surface area contributed by atoms with E-state index in [0.29, 0.717) is 23.7 Å². The third kappa shape index (κ3) is 5.09. The van der Waals surface area contributed by atoms with Crippen LogP contribution in [0.25, 0.3) is 0 Å². The van der Waals surface area contributed by atoms with Crippen molar-refractivity contribution in [2.24, 2.45) is 5.92 Å². The highest BCUT2D eigenvalue weighted by Gasteiger charge is 2.24. The molecule has 2 N–H and O–H groups in total. The molecule has 0 saturated heterocycles. The molecule has 1 fully saturated rings. The average Bonchev–Trinajstić information content (AvgIpc) is 2.93. The Morgan fingerprint density at radius 2 is 1.77 bits per heavy atom. The van der Waals surface area contributed by atoms with Gasteiger partial charge in [0, 0.05) is 12.2 Å². The minimum atomic E-state index is -0.625. The normalized spacial score (nSPS) is 14.7. The summed E-state index contributed by atoms with van der Waals surface area (Å²) in [5, 5.41) is 2.83. The largest absolute Gasteiger partial charge is 0.461 e. The molecule has 0 aliphatic heterocycles. The molecule has 1 aromatic rings. The van der Waals surface area contributed by atoms with Gasteiger partial charge < -0.3 is 19.8 Å². The Kier molecular flexibility index (Phi) is 7.24. The number of aryl methyl sites for hydroxylation is 1. The fraction of sp³-hybridized carbons (Fsp3) is 0.632. The van der Waals surface area contributed by atoms with Crippen LogP contribution in [0.2, 0.25) is 0 Å². The number of esters is 2. The highest BCUT2D eigenvalue weighted by molar-refractivity contribution is 5.99. The van der Waals surface area contributed by atoms with E-state index in [4.69, 9.17) is 9.47 Å². The predicted octanol–water partition coefficient (Wildman–Crippen LogP) is 2.66. The summed E-state index contributed by atoms with van der Waals surface area (Å²) in [7, 11) is 0. The van der Waals surface area contributed by atoms with Crippen molar-refractivity contribution in [1.82, 2.24) is 10.3 Å². The highest BCUT2D eigenvalue weighted by Crippen LogP contribution is 2.23. The first-order valence-electron chi connectivity index (χ1n) is 9.24. The molecule has 1 amide bonds. The van der Waals surface area contributed by atoms with Gasteiger partial charge in [0.1, 0.15) is 5.69 Å². The first kappa shape index (κ1) is 20.0. The van der Waals surface area contributed by atoms with Crippen molar-refractivity contribution in [3.63, 3.8) is 0 Å². The first-order valence-corrected chi connectivity index (χ1v) is 9.24. The lowest BCUT2D eigenvalue weighted by molar-refractivity contribution is -0.124. The molecule has 0 unspecified atom stereocenters. The third-order valence-corrected chi connectivity index (χ3v) is 4.77. The Hall–Kier alpha value is -2.31. The molecule has 26 heavy (non-hydrogen) atoms. The Labute approximate surface area is 153 Å². The lowest BCUT2D eigenvalue weighted by Gasteiger charge is -2.21. The molecule has 2 rings (SSSR count). The molecule has 1 saturated carbocycles. The molecule has 0 radical (unpaired) electrons. The van der Waals surface area contributed by atoms with Gasteiger partial charge in [-0.15, -0.1) is 0 Å². The Morgan fingerprint density at radius 1 is 1.08 bits per heavy atom. The van der Waals surface area contributed by atoms with Crippen molar-refractivity contribution in [2.75, 3.05) is 19.8 Å². The maximum atomic E-state index is 12.3. The quantitative estimate of drug-likeness (QED) is 0.725. The van der Waals surface area contributed by atoms with Gasteiger partial charge in [0.05, 0.1) is 12.2 Å². The van der Waals surface area contributed by atoms with Crippen LogP contribution in [-0.2, 0) is 14.3 Å². The van der Waals surface area contributed by atoms with Crippen LogP contribution in [0.3, 0.4) is 0 Å². The molecule has 1 aliphatic rings. The van der Waals surface area contributed by atoms with Crippen LogP contribution >= 0.6 is 0 Å². The number of carbonyl (C=O) groups is 3. The SMILES string of the molecule is CCOC(=O)c1[nH]c(C)c(C(=O)OCC(=O)NCC2CCCCC2)c1C. The van der Waals surface area contributed by atoms with Crippen LogP contribution in [0.15, 0.2) is 0 Å². The number of aromatic nitrogens is 1. The Bertz CT molecular complexity index is 659. The average molecular weight is 364 g/mol. The predicted molar refractivity (Wildman–Crippen MR) is 96.1 cm³/mol. The second-order valence-corrected chi connectivity index (χ2v) is 6.73. The Morgan fingerprint density at radius 3 is 2.42 bits per heavy atom. The van der Waals surface area contributed by atoms with Gasteiger partial charge in [-0.05, 0) is 45.1 Å². The summed E-state index contributed by atoms with van der Waals surface area (Å²) in [6.07, 6.45) is 5.97. The van der Waals surface area contributed by atoms with Gasteiger partial charge in [-0.1, -0.05) is 19.3 Å². The summed E-state index contributed by atoms with van der Waals surface area (Å²) in [6, 6.07) is 0. The lowest BCUT2D eigenvalue weighted by atomic mass is 9.89. The van der Waals surface area contributed by atoms with E-state index in [9.17, 15) is 14.4 Å². The van der Waals surface area contributed by atoms with Crippen LogP contribution < -0.4 is 5.32 Å². The van der Waals surface area contributed by atoms with Crippen LogP contribution in [-0.4, -0.2) is 42.6 Å². The zero-order valence-corrected chi connectivity index (χ0v) is 15.8. The number of carbonyl (C=O) groups excluding carboxylic acids is 3. The van der Waals surface area contributed by atoms with E-state index >= 15 is 0 Å². The van der Waals surface area contributed by atoms with E-state index in [2.05, 4.69) is 10.3 Å². The zero-order chi connectivity index (χ0) is 19.1. The number of ether oxygens (including phenoxy) is 2. The van der Waals surface area contributed by atoms with Crippen LogP contribution in [0.4, 0.5) is 0 Å². The summed E-state index contributed by atoms with van der Waals surface area (Å²) in [5.74, 6) is -0.929. The maximum Gasteiger partial charge on any atom is 0.355 e. The molecule has 144 valence electrons. The van der Waals surface area contributed by atoms with Crippen molar-refractivity contribution in [1.29, 1.82) is 0 Å². The third-order valence-electron chi connectivity index (χ3n) is 4.77. The molecule has 1 aromatic heterocycles. The standard InChI is InChI=1S/C19H28N2O5/c1-4-25-19(24)17-12(2)16(13(3)21-17)18(23)26-11-15(22)20-10-14-8-6-5-7-9-14/h14,21H,4-11H2,1-3H3,(H,20,22). The molecule has 1 heterocycles. The van der Waals surface area contributed by atoms with Gasteiger partial charge in [0.15, 0.2) is 6.61 Å². The van der Waals surface area contributed by atoms with Crippen molar-refractivity contribution >= 4 is 17.8 Å². The number of hydrogen-bond acceptors (Lipinski definition) is 5. The van der Waals surface area contributed by atoms with Gasteiger partial charge in [0.25, 0.3) is 5.91 Å². The minimum absolute atomic E-state index is 0.234. The molecule has 0 atom stereocenters.